The Morgan fingerprint density at radius 3 is 1.59 bits per heavy atom. The molecule has 13 aromatic rings. The highest BCUT2D eigenvalue weighted by molar-refractivity contribution is 6.13. The minimum Gasteiger partial charge on any atom is -0.309 e. The molecule has 4 heterocycles. The molecular weight excluding hydrogens is 851 g/mol. The lowest BCUT2D eigenvalue weighted by Crippen LogP contribution is -2.22. The van der Waals surface area contributed by atoms with E-state index in [2.05, 4.69) is 247 Å². The predicted molar refractivity (Wildman–Crippen MR) is 287 cm³/mol. The van der Waals surface area contributed by atoms with Crippen LogP contribution in [0.5, 0.6) is 0 Å². The average Bonchev–Trinajstić information content (AvgIpc) is 4.03. The molecule has 15 rings (SSSR count). The van der Waals surface area contributed by atoms with Crippen molar-refractivity contribution in [3.8, 4) is 78.9 Å². The first-order valence-electron chi connectivity index (χ1n) is 24.0. The maximum atomic E-state index is 5.60. The summed E-state index contributed by atoms with van der Waals surface area (Å²) < 4.78 is 4.88. The Kier molecular flexibility index (Phi) is 8.14. The smallest absolute Gasteiger partial charge is 0.166 e. The topological polar surface area (TPSA) is 48.5 Å². The van der Waals surface area contributed by atoms with E-state index in [9.17, 15) is 0 Å². The molecule has 0 amide bonds. The molecule has 1 aliphatic carbocycles. The molecule has 70 heavy (non-hydrogen) atoms. The van der Waals surface area contributed by atoms with Crippen LogP contribution in [-0.2, 0) is 5.41 Å². The summed E-state index contributed by atoms with van der Waals surface area (Å²) in [5, 5.41) is 4.82. The van der Waals surface area contributed by atoms with Crippen LogP contribution in [0, 0.1) is 0 Å². The van der Waals surface area contributed by atoms with Crippen molar-refractivity contribution in [3.05, 3.63) is 247 Å². The minimum absolute atomic E-state index is 0.536. The molecule has 0 spiro atoms. The summed E-state index contributed by atoms with van der Waals surface area (Å²) in [5.74, 6) is 1.83. The Balaban J connectivity index is 1.11. The van der Waals surface area contributed by atoms with Crippen molar-refractivity contribution in [2.24, 2.45) is 0 Å². The van der Waals surface area contributed by atoms with Crippen LogP contribution < -0.4 is 0 Å². The van der Waals surface area contributed by atoms with Crippen molar-refractivity contribution < 1.29 is 0 Å². The summed E-state index contributed by atoms with van der Waals surface area (Å²) in [7, 11) is 0. The van der Waals surface area contributed by atoms with Gasteiger partial charge in [0.15, 0.2) is 17.5 Å². The van der Waals surface area contributed by atoms with E-state index in [-0.39, 0.29) is 0 Å². The number of nitrogens with zero attached hydrogens (tertiary/aromatic N) is 5. The molecular formula is C65H41N5. The number of para-hydroxylation sites is 3. The fourth-order valence-corrected chi connectivity index (χ4v) is 11.8. The zero-order valence-electron chi connectivity index (χ0n) is 38.2. The first kappa shape index (κ1) is 38.9. The van der Waals surface area contributed by atoms with E-state index in [1.54, 1.807) is 0 Å². The van der Waals surface area contributed by atoms with E-state index in [0.717, 1.165) is 72.4 Å². The van der Waals surface area contributed by atoms with Gasteiger partial charge in [0.25, 0.3) is 0 Å². The van der Waals surface area contributed by atoms with E-state index in [4.69, 9.17) is 15.0 Å². The van der Waals surface area contributed by atoms with Gasteiger partial charge in [0.1, 0.15) is 0 Å². The lowest BCUT2D eigenvalue weighted by molar-refractivity contribution is 0.715. The molecule has 5 nitrogen and oxygen atoms in total. The number of hydrogen-bond donors (Lipinski definition) is 0. The van der Waals surface area contributed by atoms with Gasteiger partial charge in [0.05, 0.1) is 27.8 Å². The summed E-state index contributed by atoms with van der Waals surface area (Å²) in [6.07, 6.45) is 0. The molecule has 1 atom stereocenters. The van der Waals surface area contributed by atoms with Crippen LogP contribution in [-0.4, -0.2) is 24.1 Å². The van der Waals surface area contributed by atoms with Crippen LogP contribution in [0.1, 0.15) is 23.6 Å². The molecule has 0 N–H and O–H groups in total. The highest BCUT2D eigenvalue weighted by Crippen LogP contribution is 2.55. The Labute approximate surface area is 404 Å². The number of benzene rings is 10. The van der Waals surface area contributed by atoms with Gasteiger partial charge in [-0.2, -0.15) is 0 Å². The summed E-state index contributed by atoms with van der Waals surface area (Å²) in [5.41, 5.74) is 19.5. The second-order valence-electron chi connectivity index (χ2n) is 18.9. The second kappa shape index (κ2) is 14.7. The van der Waals surface area contributed by atoms with Crippen molar-refractivity contribution in [1.29, 1.82) is 0 Å². The molecule has 3 aromatic heterocycles. The summed E-state index contributed by atoms with van der Waals surface area (Å²) in [6.45, 7) is 2.41. The lowest BCUT2D eigenvalue weighted by Gasteiger charge is -2.29. The summed E-state index contributed by atoms with van der Waals surface area (Å²) in [4.78, 5) is 16.6. The molecule has 10 aromatic carbocycles. The fourth-order valence-electron chi connectivity index (χ4n) is 11.8. The Morgan fingerprint density at radius 1 is 0.314 bits per heavy atom. The van der Waals surface area contributed by atoms with Gasteiger partial charge >= 0.3 is 0 Å². The van der Waals surface area contributed by atoms with Crippen molar-refractivity contribution in [2.75, 3.05) is 0 Å². The molecule has 2 aliphatic rings. The van der Waals surface area contributed by atoms with Crippen molar-refractivity contribution >= 4 is 43.6 Å². The third kappa shape index (κ3) is 5.57. The van der Waals surface area contributed by atoms with Crippen molar-refractivity contribution in [2.45, 2.75) is 12.3 Å². The van der Waals surface area contributed by atoms with Gasteiger partial charge in [-0.25, -0.2) is 15.0 Å². The third-order valence-electron chi connectivity index (χ3n) is 15.1. The van der Waals surface area contributed by atoms with Gasteiger partial charge in [0, 0.05) is 49.3 Å². The van der Waals surface area contributed by atoms with Crippen LogP contribution in [0.4, 0.5) is 0 Å². The number of rotatable bonds is 4. The van der Waals surface area contributed by atoms with Crippen LogP contribution in [0.3, 0.4) is 0 Å². The predicted octanol–water partition coefficient (Wildman–Crippen LogP) is 16.0. The number of fused-ring (bicyclic) bond motifs is 18. The van der Waals surface area contributed by atoms with Gasteiger partial charge in [0.2, 0.25) is 0 Å². The van der Waals surface area contributed by atoms with Crippen molar-refractivity contribution in [3.63, 3.8) is 0 Å². The van der Waals surface area contributed by atoms with Gasteiger partial charge in [-0.1, -0.05) is 158 Å². The lowest BCUT2D eigenvalue weighted by atomic mass is 9.73. The van der Waals surface area contributed by atoms with Gasteiger partial charge < -0.3 is 9.13 Å². The molecule has 5 heteroatoms. The SMILES string of the molecule is CC12c3cc(-c4ccccc4)cc(c3)-c3nc(-c4cccc(-c5ccccc5)c4)nc(n3)-c3ccc(-n4c5ccccc5c5ccccc54)cc3-n3c4ccccc4c4cc(c1cc43)-c1ccccc12. The molecule has 0 radical (unpaired) electrons. The zero-order chi connectivity index (χ0) is 46.1. The third-order valence-corrected chi connectivity index (χ3v) is 15.1. The Morgan fingerprint density at radius 2 is 0.857 bits per heavy atom. The first-order chi connectivity index (χ1) is 34.6. The van der Waals surface area contributed by atoms with E-state index >= 15 is 0 Å². The normalized spacial score (nSPS) is 14.4. The molecule has 6 bridgehead atoms. The maximum Gasteiger partial charge on any atom is 0.166 e. The van der Waals surface area contributed by atoms with Crippen LogP contribution in [0.15, 0.2) is 231 Å². The molecule has 0 fully saturated rings. The molecule has 0 saturated carbocycles. The standard InChI is InChI=1S/C65H41N5/c1-65-46-35-44(41-19-6-3-7-20-41)34-45(36-46)63-66-62(43-22-16-21-42(33-43)40-17-4-2-5-18-40)67-64(68-63)52-32-31-47(69-57-28-13-9-24-49(57)50-25-10-14-29-58(50)69)37-60(52)70-59-30-15-11-26-51(59)54-38-53(56(65)39-61(54)70)48-23-8-12-27-55(48)65/h2-39H,1H3. The van der Waals surface area contributed by atoms with E-state index in [1.807, 2.05) is 0 Å². The van der Waals surface area contributed by atoms with Gasteiger partial charge in [-0.05, 0) is 130 Å². The van der Waals surface area contributed by atoms with E-state index < -0.39 is 5.41 Å². The average molecular weight is 892 g/mol. The second-order valence-corrected chi connectivity index (χ2v) is 18.9. The Hall–Kier alpha value is -9.19. The Bertz CT molecular complexity index is 4260. The number of aromatic nitrogens is 5. The summed E-state index contributed by atoms with van der Waals surface area (Å²) >= 11 is 0. The van der Waals surface area contributed by atoms with Crippen LogP contribution in [0.25, 0.3) is 123 Å². The van der Waals surface area contributed by atoms with Gasteiger partial charge in [-0.15, -0.1) is 0 Å². The maximum absolute atomic E-state index is 5.60. The van der Waals surface area contributed by atoms with Crippen molar-refractivity contribution in [1.82, 2.24) is 24.1 Å². The first-order valence-corrected chi connectivity index (χ1v) is 24.0. The molecule has 1 unspecified atom stereocenters. The van der Waals surface area contributed by atoms with Crippen LogP contribution in [0.2, 0.25) is 0 Å². The monoisotopic (exact) mass is 891 g/mol. The highest BCUT2D eigenvalue weighted by atomic mass is 15.1. The molecule has 1 aliphatic heterocycles. The fraction of sp³-hybridized carbons (Fsp3) is 0.0308. The van der Waals surface area contributed by atoms with E-state index in [1.165, 1.54) is 49.4 Å². The summed E-state index contributed by atoms with van der Waals surface area (Å²) in [6, 6.07) is 83.9. The quantitative estimate of drug-likeness (QED) is 0.177. The molecule has 0 saturated heterocycles. The highest BCUT2D eigenvalue weighted by Gasteiger charge is 2.42. The van der Waals surface area contributed by atoms with E-state index in [0.29, 0.717) is 17.5 Å². The number of hydrogen-bond acceptors (Lipinski definition) is 3. The van der Waals surface area contributed by atoms with Gasteiger partial charge in [-0.3, -0.25) is 0 Å². The zero-order valence-corrected chi connectivity index (χ0v) is 38.2. The largest absolute Gasteiger partial charge is 0.309 e. The van der Waals surface area contributed by atoms with Crippen LogP contribution >= 0.6 is 0 Å². The minimum atomic E-state index is -0.536. The molecule has 326 valence electrons.